The highest BCUT2D eigenvalue weighted by Crippen LogP contribution is 2.30. The van der Waals surface area contributed by atoms with Gasteiger partial charge in [-0.3, -0.25) is 4.98 Å². The Balaban J connectivity index is 1.98. The maximum atomic E-state index is 13.3. The van der Waals surface area contributed by atoms with Gasteiger partial charge in [-0.15, -0.1) is 0 Å². The molecule has 0 amide bonds. The van der Waals surface area contributed by atoms with Crippen molar-refractivity contribution in [1.82, 2.24) is 4.98 Å². The van der Waals surface area contributed by atoms with E-state index in [1.54, 1.807) is 12.4 Å². The van der Waals surface area contributed by atoms with Gasteiger partial charge in [0.05, 0.1) is 6.10 Å². The molecule has 2 N–H and O–H groups in total. The number of nitrogens with zero attached hydrogens (tertiary/aromatic N) is 1. The van der Waals surface area contributed by atoms with E-state index in [4.69, 9.17) is 10.5 Å². The molecule has 5 heteroatoms. The van der Waals surface area contributed by atoms with Crippen LogP contribution >= 0.6 is 0 Å². The lowest BCUT2D eigenvalue weighted by Gasteiger charge is -2.15. The first-order chi connectivity index (χ1) is 9.63. The SMILES string of the molecule is N[C@@H]1CCO[C@H]1c1cncc(-c2cc(F)cc(F)c2)c1. The zero-order valence-electron chi connectivity index (χ0n) is 10.7. The molecule has 2 heterocycles. The zero-order valence-corrected chi connectivity index (χ0v) is 10.7. The predicted molar refractivity (Wildman–Crippen MR) is 70.9 cm³/mol. The Morgan fingerprint density at radius 2 is 1.80 bits per heavy atom. The third-order valence-electron chi connectivity index (χ3n) is 3.42. The maximum absolute atomic E-state index is 13.3. The molecule has 1 saturated heterocycles. The molecule has 0 radical (unpaired) electrons. The summed E-state index contributed by atoms with van der Waals surface area (Å²) in [5.74, 6) is -1.22. The molecule has 3 nitrogen and oxygen atoms in total. The average molecular weight is 276 g/mol. The summed E-state index contributed by atoms with van der Waals surface area (Å²) in [4.78, 5) is 4.12. The first-order valence-corrected chi connectivity index (χ1v) is 6.42. The molecule has 3 rings (SSSR count). The van der Waals surface area contributed by atoms with E-state index in [1.165, 1.54) is 12.1 Å². The minimum absolute atomic E-state index is 0.0729. The predicted octanol–water partition coefficient (Wildman–Crippen LogP) is 2.82. The number of nitrogens with two attached hydrogens (primary N) is 1. The van der Waals surface area contributed by atoms with E-state index in [1.807, 2.05) is 6.07 Å². The Kier molecular flexibility index (Phi) is 3.46. The molecule has 1 aliphatic rings. The lowest BCUT2D eigenvalue weighted by atomic mass is 10.0. The van der Waals surface area contributed by atoms with Gasteiger partial charge in [0.25, 0.3) is 0 Å². The molecule has 0 bridgehead atoms. The maximum Gasteiger partial charge on any atom is 0.126 e. The zero-order chi connectivity index (χ0) is 14.1. The van der Waals surface area contributed by atoms with Crippen LogP contribution in [-0.2, 0) is 4.74 Å². The summed E-state index contributed by atoms with van der Waals surface area (Å²) < 4.78 is 32.1. The molecule has 1 aliphatic heterocycles. The summed E-state index contributed by atoms with van der Waals surface area (Å²) in [6.45, 7) is 0.616. The van der Waals surface area contributed by atoms with Crippen molar-refractivity contribution in [2.45, 2.75) is 18.6 Å². The summed E-state index contributed by atoms with van der Waals surface area (Å²) in [6.07, 6.45) is 3.83. The van der Waals surface area contributed by atoms with E-state index < -0.39 is 11.6 Å². The molecule has 0 unspecified atom stereocenters. The minimum Gasteiger partial charge on any atom is -0.372 e. The lowest BCUT2D eigenvalue weighted by molar-refractivity contribution is 0.105. The third-order valence-corrected chi connectivity index (χ3v) is 3.42. The van der Waals surface area contributed by atoms with Gasteiger partial charge in [-0.2, -0.15) is 0 Å². The number of halogens is 2. The summed E-state index contributed by atoms with van der Waals surface area (Å²) in [7, 11) is 0. The summed E-state index contributed by atoms with van der Waals surface area (Å²) in [5, 5.41) is 0. The first-order valence-electron chi connectivity index (χ1n) is 6.42. The van der Waals surface area contributed by atoms with Crippen molar-refractivity contribution in [2.75, 3.05) is 6.61 Å². The topological polar surface area (TPSA) is 48.1 Å². The molecule has 0 aliphatic carbocycles. The molecule has 1 aromatic heterocycles. The van der Waals surface area contributed by atoms with E-state index in [0.29, 0.717) is 17.7 Å². The third kappa shape index (κ3) is 2.55. The van der Waals surface area contributed by atoms with Crippen molar-refractivity contribution in [3.8, 4) is 11.1 Å². The van der Waals surface area contributed by atoms with Crippen molar-refractivity contribution in [3.05, 3.63) is 53.9 Å². The van der Waals surface area contributed by atoms with E-state index in [0.717, 1.165) is 18.1 Å². The van der Waals surface area contributed by atoms with Gasteiger partial charge in [-0.05, 0) is 30.2 Å². The molecular formula is C15H14F2N2O. The van der Waals surface area contributed by atoms with Crippen LogP contribution in [-0.4, -0.2) is 17.6 Å². The van der Waals surface area contributed by atoms with Crippen molar-refractivity contribution in [1.29, 1.82) is 0 Å². The van der Waals surface area contributed by atoms with Gasteiger partial charge >= 0.3 is 0 Å². The monoisotopic (exact) mass is 276 g/mol. The fraction of sp³-hybridized carbons (Fsp3) is 0.267. The molecule has 2 atom stereocenters. The Hall–Kier alpha value is -1.85. The van der Waals surface area contributed by atoms with Crippen molar-refractivity contribution < 1.29 is 13.5 Å². The Morgan fingerprint density at radius 1 is 1.05 bits per heavy atom. The highest BCUT2D eigenvalue weighted by molar-refractivity contribution is 5.63. The number of hydrogen-bond acceptors (Lipinski definition) is 3. The van der Waals surface area contributed by atoms with Crippen LogP contribution in [0.1, 0.15) is 18.1 Å². The van der Waals surface area contributed by atoms with E-state index in [-0.39, 0.29) is 12.1 Å². The molecule has 1 aromatic carbocycles. The summed E-state index contributed by atoms with van der Waals surface area (Å²) in [5.41, 5.74) is 7.90. The van der Waals surface area contributed by atoms with Crippen LogP contribution in [0.3, 0.4) is 0 Å². The van der Waals surface area contributed by atoms with Crippen LogP contribution in [0.2, 0.25) is 0 Å². The first kappa shape index (κ1) is 13.1. The largest absolute Gasteiger partial charge is 0.372 e. The fourth-order valence-electron chi connectivity index (χ4n) is 2.44. The lowest BCUT2D eigenvalue weighted by Crippen LogP contribution is -2.23. The Labute approximate surface area is 115 Å². The van der Waals surface area contributed by atoms with Crippen LogP contribution < -0.4 is 5.73 Å². The Morgan fingerprint density at radius 3 is 2.45 bits per heavy atom. The van der Waals surface area contributed by atoms with E-state index in [9.17, 15) is 8.78 Å². The van der Waals surface area contributed by atoms with Crippen LogP contribution in [0, 0.1) is 11.6 Å². The van der Waals surface area contributed by atoms with Crippen LogP contribution in [0.15, 0.2) is 36.7 Å². The number of benzene rings is 1. The quantitative estimate of drug-likeness (QED) is 0.917. The normalized spacial score (nSPS) is 22.1. The van der Waals surface area contributed by atoms with Gasteiger partial charge in [0.1, 0.15) is 11.6 Å². The van der Waals surface area contributed by atoms with Gasteiger partial charge in [0.2, 0.25) is 0 Å². The second-order valence-corrected chi connectivity index (χ2v) is 4.91. The summed E-state index contributed by atoms with van der Waals surface area (Å²) >= 11 is 0. The molecular weight excluding hydrogens is 262 g/mol. The number of hydrogen-bond donors (Lipinski definition) is 1. The molecule has 104 valence electrons. The van der Waals surface area contributed by atoms with Crippen LogP contribution in [0.5, 0.6) is 0 Å². The smallest absolute Gasteiger partial charge is 0.126 e. The molecule has 0 saturated carbocycles. The average Bonchev–Trinajstić information content (AvgIpc) is 2.84. The molecule has 2 aromatic rings. The van der Waals surface area contributed by atoms with Gasteiger partial charge in [0, 0.05) is 42.2 Å². The van der Waals surface area contributed by atoms with Crippen LogP contribution in [0.25, 0.3) is 11.1 Å². The van der Waals surface area contributed by atoms with Crippen LogP contribution in [0.4, 0.5) is 8.78 Å². The van der Waals surface area contributed by atoms with Gasteiger partial charge in [0.15, 0.2) is 0 Å². The molecule has 0 spiro atoms. The molecule has 20 heavy (non-hydrogen) atoms. The number of aromatic nitrogens is 1. The van der Waals surface area contributed by atoms with Gasteiger partial charge < -0.3 is 10.5 Å². The fourth-order valence-corrected chi connectivity index (χ4v) is 2.44. The number of pyridine rings is 1. The van der Waals surface area contributed by atoms with E-state index in [2.05, 4.69) is 4.98 Å². The highest BCUT2D eigenvalue weighted by Gasteiger charge is 2.26. The van der Waals surface area contributed by atoms with Crippen molar-refractivity contribution in [2.24, 2.45) is 5.73 Å². The van der Waals surface area contributed by atoms with Crippen molar-refractivity contribution in [3.63, 3.8) is 0 Å². The standard InChI is InChI=1S/C15H14F2N2O/c16-12-4-9(5-13(17)6-12)10-3-11(8-19-7-10)15-14(18)1-2-20-15/h3-8,14-15H,1-2,18H2/t14-,15+/m1/s1. The minimum atomic E-state index is -0.612. The number of rotatable bonds is 2. The highest BCUT2D eigenvalue weighted by atomic mass is 19.1. The molecule has 1 fully saturated rings. The number of ether oxygens (including phenoxy) is 1. The second-order valence-electron chi connectivity index (χ2n) is 4.91. The van der Waals surface area contributed by atoms with Crippen molar-refractivity contribution >= 4 is 0 Å². The second kappa shape index (κ2) is 5.26. The van der Waals surface area contributed by atoms with Gasteiger partial charge in [-0.25, -0.2) is 8.78 Å². The van der Waals surface area contributed by atoms with Gasteiger partial charge in [-0.1, -0.05) is 0 Å². The Bertz CT molecular complexity index is 613. The summed E-state index contributed by atoms with van der Waals surface area (Å²) in [6, 6.07) is 5.14. The van der Waals surface area contributed by atoms with E-state index >= 15 is 0 Å².